The first kappa shape index (κ1) is 19.5. The number of fused-ring (bicyclic) bond motifs is 1. The van der Waals surface area contributed by atoms with Crippen LogP contribution in [0, 0.1) is 0 Å². The average molecular weight is 404 g/mol. The third-order valence-corrected chi connectivity index (χ3v) is 7.67. The molecule has 4 heterocycles. The van der Waals surface area contributed by atoms with Crippen LogP contribution >= 0.6 is 11.8 Å². The predicted octanol–water partition coefficient (Wildman–Crippen LogP) is 1.29. The maximum Gasteiger partial charge on any atom is 0.243 e. The Morgan fingerprint density at radius 1 is 1.32 bits per heavy atom. The minimum Gasteiger partial charge on any atom is -0.354 e. The topological polar surface area (TPSA) is 68.8 Å². The highest BCUT2D eigenvalue weighted by Crippen LogP contribution is 2.47. The van der Waals surface area contributed by atoms with Gasteiger partial charge in [0.05, 0.1) is 4.87 Å². The van der Waals surface area contributed by atoms with Crippen LogP contribution in [0.25, 0.3) is 0 Å². The first-order valence-electron chi connectivity index (χ1n) is 10.2. The van der Waals surface area contributed by atoms with E-state index < -0.39 is 0 Å². The average Bonchev–Trinajstić information content (AvgIpc) is 3.22. The summed E-state index contributed by atoms with van der Waals surface area (Å²) in [4.78, 5) is 35.8. The number of thioether (sulfide) groups is 1. The molecule has 1 N–H and O–H groups in total. The molecule has 3 aliphatic rings. The summed E-state index contributed by atoms with van der Waals surface area (Å²) >= 11 is 1.72. The van der Waals surface area contributed by atoms with Crippen molar-refractivity contribution in [2.45, 2.75) is 44.1 Å². The second-order valence-electron chi connectivity index (χ2n) is 7.93. The third kappa shape index (κ3) is 3.72. The van der Waals surface area contributed by atoms with Crippen LogP contribution in [0.5, 0.6) is 0 Å². The van der Waals surface area contributed by atoms with Gasteiger partial charge in [0.2, 0.25) is 11.8 Å². The van der Waals surface area contributed by atoms with E-state index in [-0.39, 0.29) is 22.7 Å². The van der Waals surface area contributed by atoms with Crippen LogP contribution in [0.3, 0.4) is 0 Å². The molecule has 0 unspecified atom stereocenters. The standard InChI is InChI=1S/C20H29N5O2S/c1-3-23-8-10-24(11-9-23)17-5-4-15(12-21-17)13-22-19(27)16-14-28-20(2)7-6-18(26)25(16)20/h4-5,12,16H,3,6-11,13-14H2,1-2H3,(H,22,27)/t16-,20-/m0/s1. The van der Waals surface area contributed by atoms with Crippen LogP contribution < -0.4 is 10.2 Å². The summed E-state index contributed by atoms with van der Waals surface area (Å²) < 4.78 is 0. The molecule has 3 aliphatic heterocycles. The lowest BCUT2D eigenvalue weighted by molar-refractivity contribution is -0.138. The van der Waals surface area contributed by atoms with Gasteiger partial charge in [0.1, 0.15) is 11.9 Å². The number of likely N-dealkylation sites (N-methyl/N-ethyl adjacent to an activating group) is 1. The highest BCUT2D eigenvalue weighted by molar-refractivity contribution is 8.01. The Morgan fingerprint density at radius 3 is 2.79 bits per heavy atom. The fourth-order valence-electron chi connectivity index (χ4n) is 4.32. The third-order valence-electron chi connectivity index (χ3n) is 6.17. The lowest BCUT2D eigenvalue weighted by Crippen LogP contribution is -2.49. The Morgan fingerprint density at radius 2 is 2.11 bits per heavy atom. The van der Waals surface area contributed by atoms with Gasteiger partial charge in [-0.15, -0.1) is 11.8 Å². The van der Waals surface area contributed by atoms with Gasteiger partial charge in [0, 0.05) is 51.1 Å². The summed E-state index contributed by atoms with van der Waals surface area (Å²) in [6.45, 7) is 9.95. The van der Waals surface area contributed by atoms with Gasteiger partial charge in [-0.25, -0.2) is 4.98 Å². The van der Waals surface area contributed by atoms with Crippen LogP contribution in [-0.4, -0.2) is 76.0 Å². The van der Waals surface area contributed by atoms with Crippen molar-refractivity contribution in [1.29, 1.82) is 0 Å². The molecule has 7 nitrogen and oxygen atoms in total. The molecule has 1 aromatic heterocycles. The second-order valence-corrected chi connectivity index (χ2v) is 9.43. The molecule has 3 saturated heterocycles. The molecule has 3 fully saturated rings. The van der Waals surface area contributed by atoms with E-state index in [1.54, 1.807) is 16.7 Å². The van der Waals surface area contributed by atoms with E-state index >= 15 is 0 Å². The Labute approximate surface area is 170 Å². The number of hydrogen-bond donors (Lipinski definition) is 1. The number of carbonyl (C=O) groups excluding carboxylic acids is 2. The number of nitrogens with zero attached hydrogens (tertiary/aromatic N) is 4. The van der Waals surface area contributed by atoms with Crippen LogP contribution in [-0.2, 0) is 16.1 Å². The minimum atomic E-state index is -0.355. The molecule has 152 valence electrons. The molecular weight excluding hydrogens is 374 g/mol. The normalized spacial score (nSPS) is 27.9. The maximum atomic E-state index is 12.7. The SMILES string of the molecule is CCN1CCN(c2ccc(CNC(=O)[C@@H]3CS[C@@]4(C)CCC(=O)N34)cn2)CC1. The van der Waals surface area contributed by atoms with E-state index in [1.807, 2.05) is 18.3 Å². The Bertz CT molecular complexity index is 735. The molecule has 8 heteroatoms. The van der Waals surface area contributed by atoms with Crippen molar-refractivity contribution in [3.63, 3.8) is 0 Å². The van der Waals surface area contributed by atoms with Crippen molar-refractivity contribution in [1.82, 2.24) is 20.1 Å². The van der Waals surface area contributed by atoms with E-state index in [2.05, 4.69) is 33.9 Å². The van der Waals surface area contributed by atoms with E-state index in [0.29, 0.717) is 18.7 Å². The van der Waals surface area contributed by atoms with Gasteiger partial charge in [0.15, 0.2) is 0 Å². The number of amides is 2. The van der Waals surface area contributed by atoms with Gasteiger partial charge >= 0.3 is 0 Å². The molecule has 2 atom stereocenters. The zero-order valence-corrected chi connectivity index (χ0v) is 17.5. The largest absolute Gasteiger partial charge is 0.354 e. The van der Waals surface area contributed by atoms with Crippen LogP contribution in [0.4, 0.5) is 5.82 Å². The first-order valence-corrected chi connectivity index (χ1v) is 11.1. The summed E-state index contributed by atoms with van der Waals surface area (Å²) in [5, 5.41) is 3.00. The molecule has 4 rings (SSSR count). The van der Waals surface area contributed by atoms with E-state index in [4.69, 9.17) is 0 Å². The Hall–Kier alpha value is -1.80. The molecule has 0 aliphatic carbocycles. The van der Waals surface area contributed by atoms with E-state index in [1.165, 1.54) is 0 Å². The second kappa shape index (κ2) is 7.91. The van der Waals surface area contributed by atoms with Gasteiger partial charge in [0.25, 0.3) is 0 Å². The van der Waals surface area contributed by atoms with E-state index in [9.17, 15) is 9.59 Å². The number of hydrogen-bond acceptors (Lipinski definition) is 6. The van der Waals surface area contributed by atoms with Crippen LogP contribution in [0.1, 0.15) is 32.3 Å². The zero-order valence-electron chi connectivity index (χ0n) is 16.7. The monoisotopic (exact) mass is 403 g/mol. The summed E-state index contributed by atoms with van der Waals surface area (Å²) in [5.41, 5.74) is 0.977. The molecular formula is C20H29N5O2S. The number of pyridine rings is 1. The number of rotatable bonds is 5. The van der Waals surface area contributed by atoms with Gasteiger partial charge in [-0.1, -0.05) is 13.0 Å². The maximum absolute atomic E-state index is 12.7. The number of nitrogens with one attached hydrogen (secondary N) is 1. The van der Waals surface area contributed by atoms with Crippen molar-refractivity contribution in [3.8, 4) is 0 Å². The fourth-order valence-corrected chi connectivity index (χ4v) is 5.76. The molecule has 0 aromatic carbocycles. The van der Waals surface area contributed by atoms with Crippen molar-refractivity contribution in [2.75, 3.05) is 43.4 Å². The van der Waals surface area contributed by atoms with Crippen molar-refractivity contribution in [3.05, 3.63) is 23.9 Å². The fraction of sp³-hybridized carbons (Fsp3) is 0.650. The lowest BCUT2D eigenvalue weighted by Gasteiger charge is -2.34. The Kier molecular flexibility index (Phi) is 5.51. The molecule has 0 spiro atoms. The first-order chi connectivity index (χ1) is 13.5. The highest BCUT2D eigenvalue weighted by Gasteiger charge is 2.52. The summed E-state index contributed by atoms with van der Waals surface area (Å²) in [7, 11) is 0. The number of carbonyl (C=O) groups is 2. The zero-order chi connectivity index (χ0) is 19.7. The molecule has 0 bridgehead atoms. The molecule has 0 saturated carbocycles. The predicted molar refractivity (Wildman–Crippen MR) is 111 cm³/mol. The molecule has 28 heavy (non-hydrogen) atoms. The summed E-state index contributed by atoms with van der Waals surface area (Å²) in [6.07, 6.45) is 3.22. The van der Waals surface area contributed by atoms with Crippen LogP contribution in [0.2, 0.25) is 0 Å². The number of piperazine rings is 1. The molecule has 2 amide bonds. The smallest absolute Gasteiger partial charge is 0.243 e. The molecule has 0 radical (unpaired) electrons. The van der Waals surface area contributed by atoms with Crippen LogP contribution in [0.15, 0.2) is 18.3 Å². The van der Waals surface area contributed by atoms with Gasteiger partial charge in [-0.2, -0.15) is 0 Å². The summed E-state index contributed by atoms with van der Waals surface area (Å²) in [6, 6.07) is 3.71. The van der Waals surface area contributed by atoms with Gasteiger partial charge < -0.3 is 20.0 Å². The number of anilines is 1. The van der Waals surface area contributed by atoms with Crippen molar-refractivity contribution in [2.24, 2.45) is 0 Å². The minimum absolute atomic E-state index is 0.0637. The van der Waals surface area contributed by atoms with Crippen molar-refractivity contribution >= 4 is 29.4 Å². The molecule has 1 aromatic rings. The summed E-state index contributed by atoms with van der Waals surface area (Å²) in [5.74, 6) is 1.71. The van der Waals surface area contributed by atoms with Crippen molar-refractivity contribution < 1.29 is 9.59 Å². The van der Waals surface area contributed by atoms with E-state index in [0.717, 1.165) is 50.5 Å². The van der Waals surface area contributed by atoms with Gasteiger partial charge in [-0.05, 0) is 31.5 Å². The number of aromatic nitrogens is 1. The highest BCUT2D eigenvalue weighted by atomic mass is 32.2. The Balaban J connectivity index is 1.31. The van der Waals surface area contributed by atoms with Gasteiger partial charge in [-0.3, -0.25) is 9.59 Å². The lowest BCUT2D eigenvalue weighted by atomic mass is 10.2. The quantitative estimate of drug-likeness (QED) is 0.799.